The van der Waals surface area contributed by atoms with Gasteiger partial charge in [-0.1, -0.05) is 0 Å². The van der Waals surface area contributed by atoms with Crippen molar-refractivity contribution in [2.45, 2.75) is 25.8 Å². The molecule has 0 radical (unpaired) electrons. The molecule has 5 nitrogen and oxygen atoms in total. The largest absolute Gasteiger partial charge is 0.399 e. The van der Waals surface area contributed by atoms with Gasteiger partial charge in [0.25, 0.3) is 0 Å². The summed E-state index contributed by atoms with van der Waals surface area (Å²) in [6.45, 7) is 2.29. The molecule has 92 valence electrons. The summed E-state index contributed by atoms with van der Waals surface area (Å²) in [5.41, 5.74) is 8.26. The summed E-state index contributed by atoms with van der Waals surface area (Å²) in [6, 6.07) is 5.87. The van der Waals surface area contributed by atoms with E-state index in [0.717, 1.165) is 35.5 Å². The quantitative estimate of drug-likeness (QED) is 0.593. The van der Waals surface area contributed by atoms with Crippen molar-refractivity contribution in [2.24, 2.45) is 0 Å². The number of benzene rings is 1. The van der Waals surface area contributed by atoms with Crippen LogP contribution in [0.2, 0.25) is 0 Å². The van der Waals surface area contributed by atoms with Gasteiger partial charge in [0.1, 0.15) is 0 Å². The minimum absolute atomic E-state index is 0.225. The number of fused-ring (bicyclic) bond motifs is 1. The van der Waals surface area contributed by atoms with E-state index in [9.17, 15) is 0 Å². The lowest BCUT2D eigenvalue weighted by molar-refractivity contribution is 0.282. The van der Waals surface area contributed by atoms with Crippen molar-refractivity contribution in [2.75, 3.05) is 17.7 Å². The van der Waals surface area contributed by atoms with Gasteiger partial charge in [-0.2, -0.15) is 0 Å². The molecule has 0 amide bonds. The number of nitrogens with one attached hydrogen (secondary N) is 2. The van der Waals surface area contributed by atoms with Gasteiger partial charge in [0, 0.05) is 18.3 Å². The highest BCUT2D eigenvalue weighted by molar-refractivity contribution is 5.80. The number of aliphatic hydroxyl groups is 1. The number of nitrogens with zero attached hydrogens (tertiary/aromatic N) is 1. The van der Waals surface area contributed by atoms with Crippen LogP contribution in [0.5, 0.6) is 0 Å². The van der Waals surface area contributed by atoms with E-state index in [0.29, 0.717) is 0 Å². The molecule has 5 N–H and O–H groups in total. The van der Waals surface area contributed by atoms with Gasteiger partial charge in [-0.15, -0.1) is 0 Å². The van der Waals surface area contributed by atoms with E-state index in [2.05, 4.69) is 22.2 Å². The first-order chi connectivity index (χ1) is 8.19. The second-order valence-electron chi connectivity index (χ2n) is 4.27. The third kappa shape index (κ3) is 2.88. The molecule has 1 heterocycles. The van der Waals surface area contributed by atoms with Crippen LogP contribution in [-0.2, 0) is 0 Å². The van der Waals surface area contributed by atoms with E-state index < -0.39 is 0 Å². The molecule has 0 aliphatic heterocycles. The number of nitrogens with two attached hydrogens (primary N) is 1. The molecule has 0 aliphatic rings. The van der Waals surface area contributed by atoms with Crippen LogP contribution in [0.1, 0.15) is 19.8 Å². The summed E-state index contributed by atoms with van der Waals surface area (Å²) in [5, 5.41) is 12.0. The zero-order chi connectivity index (χ0) is 12.3. The molecule has 0 saturated carbocycles. The Hall–Kier alpha value is -1.75. The second-order valence-corrected chi connectivity index (χ2v) is 4.27. The van der Waals surface area contributed by atoms with Crippen molar-refractivity contribution in [1.82, 2.24) is 9.97 Å². The van der Waals surface area contributed by atoms with Gasteiger partial charge in [-0.3, -0.25) is 0 Å². The zero-order valence-electron chi connectivity index (χ0n) is 9.90. The minimum Gasteiger partial charge on any atom is -0.399 e. The highest BCUT2D eigenvalue weighted by Gasteiger charge is 2.06. The van der Waals surface area contributed by atoms with Crippen LogP contribution < -0.4 is 11.1 Å². The van der Waals surface area contributed by atoms with Crippen LogP contribution in [0.15, 0.2) is 18.2 Å². The normalized spacial score (nSPS) is 12.8. The molecule has 0 bridgehead atoms. The summed E-state index contributed by atoms with van der Waals surface area (Å²) >= 11 is 0. The Morgan fingerprint density at radius 1 is 1.53 bits per heavy atom. The monoisotopic (exact) mass is 234 g/mol. The van der Waals surface area contributed by atoms with Crippen molar-refractivity contribution in [3.8, 4) is 0 Å². The van der Waals surface area contributed by atoms with Crippen LogP contribution in [0.25, 0.3) is 11.0 Å². The lowest BCUT2D eigenvalue weighted by Gasteiger charge is -2.11. The van der Waals surface area contributed by atoms with E-state index in [1.807, 2.05) is 18.2 Å². The summed E-state index contributed by atoms with van der Waals surface area (Å²) in [4.78, 5) is 7.60. The highest BCUT2D eigenvalue weighted by Crippen LogP contribution is 2.17. The Balaban J connectivity index is 2.08. The topological polar surface area (TPSA) is 87.0 Å². The highest BCUT2D eigenvalue weighted by atomic mass is 16.2. The lowest BCUT2D eigenvalue weighted by atomic mass is 10.2. The number of aromatic nitrogens is 2. The van der Waals surface area contributed by atoms with E-state index in [-0.39, 0.29) is 12.6 Å². The van der Waals surface area contributed by atoms with Crippen molar-refractivity contribution >= 4 is 22.7 Å². The number of hydrogen-bond acceptors (Lipinski definition) is 4. The van der Waals surface area contributed by atoms with Gasteiger partial charge in [0.2, 0.25) is 5.95 Å². The van der Waals surface area contributed by atoms with Gasteiger partial charge >= 0.3 is 0 Å². The number of aromatic amines is 1. The summed E-state index contributed by atoms with van der Waals surface area (Å²) in [6.07, 6.45) is 1.71. The van der Waals surface area contributed by atoms with E-state index in [4.69, 9.17) is 10.8 Å². The van der Waals surface area contributed by atoms with E-state index in [1.165, 1.54) is 0 Å². The fourth-order valence-electron chi connectivity index (χ4n) is 1.80. The SMILES string of the molecule is CC(CCCO)Nc1nc2ccc(N)cc2[nH]1. The number of nitrogen functional groups attached to an aromatic ring is 1. The third-order valence-corrected chi connectivity index (χ3v) is 2.68. The van der Waals surface area contributed by atoms with Crippen molar-refractivity contribution < 1.29 is 5.11 Å². The molecule has 1 aromatic carbocycles. The molecule has 17 heavy (non-hydrogen) atoms. The van der Waals surface area contributed by atoms with Crippen LogP contribution in [-0.4, -0.2) is 27.7 Å². The molecule has 1 atom stereocenters. The predicted molar refractivity (Wildman–Crippen MR) is 69.9 cm³/mol. The fraction of sp³-hybridized carbons (Fsp3) is 0.417. The number of H-pyrrole nitrogens is 1. The van der Waals surface area contributed by atoms with Crippen LogP contribution in [0.4, 0.5) is 11.6 Å². The third-order valence-electron chi connectivity index (χ3n) is 2.68. The Bertz CT molecular complexity index is 494. The first-order valence-corrected chi connectivity index (χ1v) is 5.81. The van der Waals surface area contributed by atoms with Crippen LogP contribution in [0, 0.1) is 0 Å². The molecule has 1 aromatic heterocycles. The fourth-order valence-corrected chi connectivity index (χ4v) is 1.80. The zero-order valence-corrected chi connectivity index (χ0v) is 9.90. The Morgan fingerprint density at radius 2 is 2.35 bits per heavy atom. The molecule has 2 aromatic rings. The summed E-state index contributed by atoms with van der Waals surface area (Å²) < 4.78 is 0. The van der Waals surface area contributed by atoms with Crippen molar-refractivity contribution in [3.63, 3.8) is 0 Å². The Morgan fingerprint density at radius 3 is 3.12 bits per heavy atom. The first kappa shape index (κ1) is 11.7. The standard InChI is InChI=1S/C12H18N4O/c1-8(3-2-6-17)14-12-15-10-5-4-9(13)7-11(10)16-12/h4-5,7-8,17H,2-3,6,13H2,1H3,(H2,14,15,16). The maximum atomic E-state index is 8.76. The van der Waals surface area contributed by atoms with Crippen molar-refractivity contribution in [1.29, 1.82) is 0 Å². The van der Waals surface area contributed by atoms with Gasteiger partial charge < -0.3 is 21.1 Å². The molecule has 2 rings (SSSR count). The lowest BCUT2D eigenvalue weighted by Crippen LogP contribution is -2.16. The van der Waals surface area contributed by atoms with Gasteiger partial charge in [-0.25, -0.2) is 4.98 Å². The number of aliphatic hydroxyl groups excluding tert-OH is 1. The Kier molecular flexibility index (Phi) is 3.49. The maximum absolute atomic E-state index is 8.76. The van der Waals surface area contributed by atoms with Crippen LogP contribution >= 0.6 is 0 Å². The second kappa shape index (κ2) is 5.05. The number of hydrogen-bond donors (Lipinski definition) is 4. The van der Waals surface area contributed by atoms with Crippen LogP contribution in [0.3, 0.4) is 0 Å². The summed E-state index contributed by atoms with van der Waals surface area (Å²) in [7, 11) is 0. The van der Waals surface area contributed by atoms with Gasteiger partial charge in [0.05, 0.1) is 11.0 Å². The summed E-state index contributed by atoms with van der Waals surface area (Å²) in [5.74, 6) is 0.746. The van der Waals surface area contributed by atoms with E-state index in [1.54, 1.807) is 0 Å². The first-order valence-electron chi connectivity index (χ1n) is 5.81. The average Bonchev–Trinajstić information content (AvgIpc) is 2.67. The Labute approximate surface area is 100 Å². The molecule has 1 unspecified atom stereocenters. The molecular formula is C12H18N4O. The van der Waals surface area contributed by atoms with Gasteiger partial charge in [-0.05, 0) is 38.0 Å². The molecule has 0 aliphatic carbocycles. The number of anilines is 2. The molecular weight excluding hydrogens is 216 g/mol. The smallest absolute Gasteiger partial charge is 0.201 e. The predicted octanol–water partition coefficient (Wildman–Crippen LogP) is 1.72. The van der Waals surface area contributed by atoms with Gasteiger partial charge in [0.15, 0.2) is 0 Å². The molecule has 0 saturated heterocycles. The molecule has 0 fully saturated rings. The average molecular weight is 234 g/mol. The maximum Gasteiger partial charge on any atom is 0.201 e. The molecule has 0 spiro atoms. The van der Waals surface area contributed by atoms with Crippen molar-refractivity contribution in [3.05, 3.63) is 18.2 Å². The van der Waals surface area contributed by atoms with E-state index >= 15 is 0 Å². The number of imidazole rings is 1. The molecule has 5 heteroatoms. The number of rotatable bonds is 5. The minimum atomic E-state index is 0.225.